The molecule has 0 aliphatic carbocycles. The second kappa shape index (κ2) is 6.41. The number of aryl methyl sites for hydroxylation is 2. The highest BCUT2D eigenvalue weighted by Gasteiger charge is 2.24. The van der Waals surface area contributed by atoms with Crippen molar-refractivity contribution in [3.63, 3.8) is 0 Å². The van der Waals surface area contributed by atoms with Gasteiger partial charge in [0.25, 0.3) is 5.91 Å². The van der Waals surface area contributed by atoms with Gasteiger partial charge < -0.3 is 9.80 Å². The van der Waals surface area contributed by atoms with E-state index in [1.807, 2.05) is 35.4 Å². The zero-order valence-corrected chi connectivity index (χ0v) is 13.7. The summed E-state index contributed by atoms with van der Waals surface area (Å²) < 4.78 is 0. The first-order chi connectivity index (χ1) is 11.1. The fourth-order valence-corrected chi connectivity index (χ4v) is 3.06. The Balaban J connectivity index is 1.69. The first-order valence-electron chi connectivity index (χ1n) is 7.94. The molecule has 2 heterocycles. The molecule has 1 aliphatic heterocycles. The van der Waals surface area contributed by atoms with Gasteiger partial charge in [0, 0.05) is 37.9 Å². The third-order valence-electron chi connectivity index (χ3n) is 4.30. The highest BCUT2D eigenvalue weighted by Crippen LogP contribution is 2.20. The van der Waals surface area contributed by atoms with Crippen LogP contribution in [0.4, 0.5) is 5.82 Å². The maximum absolute atomic E-state index is 12.6. The van der Waals surface area contributed by atoms with Gasteiger partial charge in [-0.3, -0.25) is 4.79 Å². The number of piperazine rings is 1. The summed E-state index contributed by atoms with van der Waals surface area (Å²) in [4.78, 5) is 21.3. The molecule has 1 aromatic heterocycles. The molecule has 1 aromatic carbocycles. The minimum atomic E-state index is 0.0730. The molecule has 119 valence electrons. The lowest BCUT2D eigenvalue weighted by Gasteiger charge is -2.36. The lowest BCUT2D eigenvalue weighted by molar-refractivity contribution is 0.0746. The van der Waals surface area contributed by atoms with E-state index >= 15 is 0 Å². The molecule has 0 N–H and O–H groups in total. The molecular weight excluding hydrogens is 286 g/mol. The van der Waals surface area contributed by atoms with Gasteiger partial charge in [-0.25, -0.2) is 4.98 Å². The van der Waals surface area contributed by atoms with Gasteiger partial charge in [0.2, 0.25) is 0 Å². The van der Waals surface area contributed by atoms with Crippen molar-refractivity contribution >= 4 is 11.7 Å². The summed E-state index contributed by atoms with van der Waals surface area (Å²) in [7, 11) is 0. The van der Waals surface area contributed by atoms with Gasteiger partial charge in [-0.15, -0.1) is 0 Å². The minimum absolute atomic E-state index is 0.0730. The quantitative estimate of drug-likeness (QED) is 0.856. The van der Waals surface area contributed by atoms with Gasteiger partial charge in [0.15, 0.2) is 0 Å². The summed E-state index contributed by atoms with van der Waals surface area (Å²) in [5, 5.41) is 0. The molecule has 1 fully saturated rings. The van der Waals surface area contributed by atoms with Crippen LogP contribution in [0.5, 0.6) is 0 Å². The number of nitrogens with zero attached hydrogens (tertiary/aromatic N) is 3. The van der Waals surface area contributed by atoms with E-state index in [9.17, 15) is 4.79 Å². The number of hydrogen-bond acceptors (Lipinski definition) is 3. The summed E-state index contributed by atoms with van der Waals surface area (Å²) in [6.07, 6.45) is 1.90. The van der Waals surface area contributed by atoms with Crippen molar-refractivity contribution in [2.24, 2.45) is 0 Å². The largest absolute Gasteiger partial charge is 0.353 e. The third kappa shape index (κ3) is 3.21. The van der Waals surface area contributed by atoms with Crippen molar-refractivity contribution in [1.82, 2.24) is 9.88 Å². The topological polar surface area (TPSA) is 36.4 Å². The van der Waals surface area contributed by atoms with Crippen molar-refractivity contribution in [3.8, 4) is 0 Å². The number of pyridine rings is 1. The molecule has 1 saturated heterocycles. The predicted octanol–water partition coefficient (Wildman–Crippen LogP) is 2.84. The second-order valence-corrected chi connectivity index (χ2v) is 6.09. The number of hydrogen-bond donors (Lipinski definition) is 0. The number of amides is 1. The molecule has 0 saturated carbocycles. The average molecular weight is 308 g/mol. The average Bonchev–Trinajstić information content (AvgIpc) is 2.55. The van der Waals surface area contributed by atoms with Crippen LogP contribution in [-0.4, -0.2) is 42.0 Å². The molecule has 23 heavy (non-hydrogen) atoms. The van der Waals surface area contributed by atoms with E-state index in [4.69, 9.17) is 0 Å². The fraction of sp³-hybridized carbons (Fsp3) is 0.316. The van der Waals surface area contributed by atoms with Crippen molar-refractivity contribution in [2.75, 3.05) is 31.1 Å². The molecule has 1 radical (unpaired) electrons. The molecule has 1 amide bonds. The molecular formula is C19H22N3O. The number of carbonyl (C=O) groups excluding carboxylic acids is 1. The zero-order valence-electron chi connectivity index (χ0n) is 13.7. The molecule has 4 nitrogen and oxygen atoms in total. The normalized spacial score (nSPS) is 14.9. The van der Waals surface area contributed by atoms with E-state index < -0.39 is 0 Å². The van der Waals surface area contributed by atoms with E-state index in [0.717, 1.165) is 24.5 Å². The molecule has 3 rings (SSSR count). The van der Waals surface area contributed by atoms with Gasteiger partial charge in [-0.2, -0.15) is 0 Å². The van der Waals surface area contributed by atoms with Gasteiger partial charge in [0.1, 0.15) is 5.82 Å². The maximum Gasteiger partial charge on any atom is 0.254 e. The SMILES string of the molecule is [CH2]c1ccccc1C(=O)N1CCN(c2ncc(C)cc2C)CC1. The summed E-state index contributed by atoms with van der Waals surface area (Å²) in [6, 6.07) is 9.67. The molecule has 0 atom stereocenters. The summed E-state index contributed by atoms with van der Waals surface area (Å²) >= 11 is 0. The molecule has 4 heteroatoms. The van der Waals surface area contributed by atoms with Crippen LogP contribution in [0.15, 0.2) is 36.5 Å². The smallest absolute Gasteiger partial charge is 0.254 e. The predicted molar refractivity (Wildman–Crippen MR) is 92.7 cm³/mol. The Labute approximate surface area is 137 Å². The highest BCUT2D eigenvalue weighted by atomic mass is 16.2. The van der Waals surface area contributed by atoms with Crippen LogP contribution >= 0.6 is 0 Å². The van der Waals surface area contributed by atoms with Crippen molar-refractivity contribution < 1.29 is 4.79 Å². The van der Waals surface area contributed by atoms with Crippen LogP contribution in [0.3, 0.4) is 0 Å². The van der Waals surface area contributed by atoms with E-state index in [-0.39, 0.29) is 5.91 Å². The summed E-state index contributed by atoms with van der Waals surface area (Å²) in [5.74, 6) is 1.10. The van der Waals surface area contributed by atoms with Crippen molar-refractivity contribution in [3.05, 3.63) is 65.7 Å². The van der Waals surface area contributed by atoms with Crippen LogP contribution in [-0.2, 0) is 0 Å². The lowest BCUT2D eigenvalue weighted by atomic mass is 10.1. The lowest BCUT2D eigenvalue weighted by Crippen LogP contribution is -2.49. The fourth-order valence-electron chi connectivity index (χ4n) is 3.06. The van der Waals surface area contributed by atoms with E-state index in [1.165, 1.54) is 11.1 Å². The van der Waals surface area contributed by atoms with Gasteiger partial charge in [-0.1, -0.05) is 24.3 Å². The second-order valence-electron chi connectivity index (χ2n) is 6.09. The van der Waals surface area contributed by atoms with Gasteiger partial charge >= 0.3 is 0 Å². The van der Waals surface area contributed by atoms with E-state index in [1.54, 1.807) is 0 Å². The monoisotopic (exact) mass is 308 g/mol. The Hall–Kier alpha value is -2.36. The Kier molecular flexibility index (Phi) is 4.33. The summed E-state index contributed by atoms with van der Waals surface area (Å²) in [6.45, 7) is 11.1. The van der Waals surface area contributed by atoms with Crippen LogP contribution in [0.1, 0.15) is 27.0 Å². The molecule has 1 aliphatic rings. The van der Waals surface area contributed by atoms with E-state index in [0.29, 0.717) is 18.7 Å². The zero-order chi connectivity index (χ0) is 16.4. The van der Waals surface area contributed by atoms with E-state index in [2.05, 4.69) is 36.7 Å². The maximum atomic E-state index is 12.6. The van der Waals surface area contributed by atoms with Crippen LogP contribution in [0, 0.1) is 20.8 Å². The number of anilines is 1. The first kappa shape index (κ1) is 15.5. The number of benzene rings is 1. The van der Waals surface area contributed by atoms with Crippen LogP contribution in [0.2, 0.25) is 0 Å². The van der Waals surface area contributed by atoms with Crippen LogP contribution < -0.4 is 4.90 Å². The number of rotatable bonds is 2. The Morgan fingerprint density at radius 3 is 2.48 bits per heavy atom. The van der Waals surface area contributed by atoms with Crippen molar-refractivity contribution in [1.29, 1.82) is 0 Å². The molecule has 0 unspecified atom stereocenters. The summed E-state index contributed by atoms with van der Waals surface area (Å²) in [5.41, 5.74) is 3.85. The molecule has 0 spiro atoms. The highest BCUT2D eigenvalue weighted by molar-refractivity contribution is 5.96. The molecule has 2 aromatic rings. The number of aromatic nitrogens is 1. The van der Waals surface area contributed by atoms with Crippen LogP contribution in [0.25, 0.3) is 0 Å². The Morgan fingerprint density at radius 1 is 1.13 bits per heavy atom. The van der Waals surface area contributed by atoms with Crippen molar-refractivity contribution in [2.45, 2.75) is 13.8 Å². The Bertz CT molecular complexity index is 718. The molecule has 0 bridgehead atoms. The van der Waals surface area contributed by atoms with Gasteiger partial charge in [0.05, 0.1) is 0 Å². The third-order valence-corrected chi connectivity index (χ3v) is 4.30. The standard InChI is InChI=1S/C19H22N3O/c1-14-12-16(3)18(20-13-14)21-8-10-22(11-9-21)19(23)17-7-5-4-6-15(17)2/h4-7,12-13H,2,8-11H2,1,3H3. The minimum Gasteiger partial charge on any atom is -0.353 e. The number of carbonyl (C=O) groups is 1. The Morgan fingerprint density at radius 2 is 1.83 bits per heavy atom. The van der Waals surface area contributed by atoms with Gasteiger partial charge in [-0.05, 0) is 43.5 Å². The first-order valence-corrected chi connectivity index (χ1v) is 7.94.